The van der Waals surface area contributed by atoms with Crippen molar-refractivity contribution in [3.8, 4) is 5.75 Å². The molecule has 2 heterocycles. The molecule has 2 aromatic rings. The molecule has 0 aromatic heterocycles. The molecular weight excluding hydrogens is 386 g/mol. The van der Waals surface area contributed by atoms with E-state index < -0.39 is 0 Å². The van der Waals surface area contributed by atoms with Crippen molar-refractivity contribution < 1.29 is 9.53 Å². The van der Waals surface area contributed by atoms with Crippen LogP contribution in [0.2, 0.25) is 0 Å². The van der Waals surface area contributed by atoms with E-state index in [1.807, 2.05) is 7.05 Å². The molecule has 2 aromatic carbocycles. The first-order valence-corrected chi connectivity index (χ1v) is 11.5. The van der Waals surface area contributed by atoms with Crippen LogP contribution in [-0.2, 0) is 17.8 Å². The Hall–Kier alpha value is -2.37. The van der Waals surface area contributed by atoms with Gasteiger partial charge in [0.1, 0.15) is 5.75 Å². The van der Waals surface area contributed by atoms with Gasteiger partial charge in [-0.1, -0.05) is 44.2 Å². The van der Waals surface area contributed by atoms with Gasteiger partial charge in [0.05, 0.1) is 7.11 Å². The van der Waals surface area contributed by atoms with Crippen molar-refractivity contribution in [2.24, 2.45) is 5.92 Å². The van der Waals surface area contributed by atoms with Crippen molar-refractivity contribution in [2.75, 3.05) is 19.1 Å². The highest BCUT2D eigenvalue weighted by molar-refractivity contribution is 5.96. The van der Waals surface area contributed by atoms with Gasteiger partial charge in [0, 0.05) is 49.4 Å². The molecule has 1 amide bonds. The molecule has 0 bridgehead atoms. The number of benzene rings is 2. The predicted octanol–water partition coefficient (Wildman–Crippen LogP) is 4.21. The minimum atomic E-state index is 0.178. The first-order chi connectivity index (χ1) is 15.0. The molecule has 1 saturated heterocycles. The molecule has 166 valence electrons. The molecule has 5 heteroatoms. The lowest BCUT2D eigenvalue weighted by molar-refractivity contribution is -0.118. The normalized spacial score (nSPS) is 23.7. The lowest BCUT2D eigenvalue weighted by Crippen LogP contribution is -2.51. The molecule has 0 spiro atoms. The predicted molar refractivity (Wildman–Crippen MR) is 126 cm³/mol. The lowest BCUT2D eigenvalue weighted by Gasteiger charge is -2.40. The maximum atomic E-state index is 12.2. The third-order valence-electron chi connectivity index (χ3n) is 6.93. The highest BCUT2D eigenvalue weighted by Crippen LogP contribution is 2.34. The van der Waals surface area contributed by atoms with E-state index in [0.29, 0.717) is 31.0 Å². The molecule has 0 radical (unpaired) electrons. The molecule has 0 unspecified atom stereocenters. The number of anilines is 1. The average molecular weight is 422 g/mol. The fraction of sp³-hybridized carbons (Fsp3) is 0.500. The van der Waals surface area contributed by atoms with Crippen LogP contribution in [0.15, 0.2) is 42.5 Å². The van der Waals surface area contributed by atoms with Crippen molar-refractivity contribution >= 4 is 11.6 Å². The molecule has 3 atom stereocenters. The summed E-state index contributed by atoms with van der Waals surface area (Å²) in [6.45, 7) is 5.30. The maximum Gasteiger partial charge on any atom is 0.227 e. The zero-order valence-corrected chi connectivity index (χ0v) is 19.2. The van der Waals surface area contributed by atoms with Gasteiger partial charge in [0.2, 0.25) is 5.91 Å². The number of amides is 1. The molecule has 2 N–H and O–H groups in total. The largest absolute Gasteiger partial charge is 0.496 e. The van der Waals surface area contributed by atoms with Gasteiger partial charge >= 0.3 is 0 Å². The van der Waals surface area contributed by atoms with E-state index in [1.54, 1.807) is 12.0 Å². The maximum absolute atomic E-state index is 12.2. The summed E-state index contributed by atoms with van der Waals surface area (Å²) in [4.78, 5) is 14.0. The van der Waals surface area contributed by atoms with Gasteiger partial charge in [-0.2, -0.15) is 0 Å². The van der Waals surface area contributed by atoms with Gasteiger partial charge < -0.3 is 20.3 Å². The fourth-order valence-corrected chi connectivity index (χ4v) is 4.97. The second kappa shape index (κ2) is 9.41. The highest BCUT2D eigenvalue weighted by Gasteiger charge is 2.32. The highest BCUT2D eigenvalue weighted by atomic mass is 16.5. The minimum absolute atomic E-state index is 0.178. The van der Waals surface area contributed by atoms with Gasteiger partial charge in [0.25, 0.3) is 0 Å². The van der Waals surface area contributed by atoms with Gasteiger partial charge in [-0.05, 0) is 48.4 Å². The first-order valence-electron chi connectivity index (χ1n) is 11.5. The van der Waals surface area contributed by atoms with Crippen LogP contribution in [0.25, 0.3) is 0 Å². The van der Waals surface area contributed by atoms with Crippen LogP contribution in [0.3, 0.4) is 0 Å². The van der Waals surface area contributed by atoms with Gasteiger partial charge in [-0.25, -0.2) is 0 Å². The summed E-state index contributed by atoms with van der Waals surface area (Å²) in [6.07, 6.45) is 3.63. The van der Waals surface area contributed by atoms with E-state index in [0.717, 1.165) is 36.3 Å². The molecule has 2 aliphatic heterocycles. The molecule has 2 aliphatic rings. The Kier molecular flexibility index (Phi) is 6.63. The Labute approximate surface area is 186 Å². The van der Waals surface area contributed by atoms with Gasteiger partial charge in [-0.3, -0.25) is 4.79 Å². The number of aryl methyl sites for hydroxylation is 1. The Morgan fingerprint density at radius 2 is 1.94 bits per heavy atom. The minimum Gasteiger partial charge on any atom is -0.496 e. The Morgan fingerprint density at radius 3 is 2.65 bits per heavy atom. The average Bonchev–Trinajstić information content (AvgIpc) is 2.80. The molecular formula is C26H35N3O2. The SMILES string of the molecule is COc1cc2c(cc1CN[C@H]1CC[C@@H](C(C)C)N[C@@H]1c1ccccc1)N(C)C(=O)CC2. The number of piperidine rings is 1. The summed E-state index contributed by atoms with van der Waals surface area (Å²) < 4.78 is 5.71. The Morgan fingerprint density at radius 1 is 1.16 bits per heavy atom. The summed E-state index contributed by atoms with van der Waals surface area (Å²) in [6, 6.07) is 16.1. The number of carbonyl (C=O) groups excluding carboxylic acids is 1. The zero-order chi connectivity index (χ0) is 22.0. The fourth-order valence-electron chi connectivity index (χ4n) is 4.97. The van der Waals surface area contributed by atoms with E-state index in [9.17, 15) is 4.79 Å². The van der Waals surface area contributed by atoms with E-state index in [-0.39, 0.29) is 11.9 Å². The third-order valence-corrected chi connectivity index (χ3v) is 6.93. The van der Waals surface area contributed by atoms with Crippen molar-refractivity contribution in [2.45, 2.75) is 64.2 Å². The summed E-state index contributed by atoms with van der Waals surface area (Å²) in [7, 11) is 3.59. The number of nitrogens with zero attached hydrogens (tertiary/aromatic N) is 1. The quantitative estimate of drug-likeness (QED) is 0.734. The van der Waals surface area contributed by atoms with Gasteiger partial charge in [0.15, 0.2) is 0 Å². The smallest absolute Gasteiger partial charge is 0.227 e. The second-order valence-corrected chi connectivity index (χ2v) is 9.22. The monoisotopic (exact) mass is 421 g/mol. The summed E-state index contributed by atoms with van der Waals surface area (Å²) >= 11 is 0. The summed E-state index contributed by atoms with van der Waals surface area (Å²) in [5, 5.41) is 7.71. The number of carbonyl (C=O) groups is 1. The summed E-state index contributed by atoms with van der Waals surface area (Å²) in [5.74, 6) is 1.69. The zero-order valence-electron chi connectivity index (χ0n) is 19.2. The number of nitrogens with one attached hydrogen (secondary N) is 2. The molecule has 31 heavy (non-hydrogen) atoms. The van der Waals surface area contributed by atoms with E-state index >= 15 is 0 Å². The van der Waals surface area contributed by atoms with Crippen molar-refractivity contribution in [1.82, 2.24) is 10.6 Å². The topological polar surface area (TPSA) is 53.6 Å². The molecule has 5 nitrogen and oxygen atoms in total. The van der Waals surface area contributed by atoms with Crippen LogP contribution in [-0.4, -0.2) is 32.1 Å². The number of methoxy groups -OCH3 is 1. The lowest BCUT2D eigenvalue weighted by atomic mass is 9.85. The molecule has 1 fully saturated rings. The number of hydrogen-bond acceptors (Lipinski definition) is 4. The van der Waals surface area contributed by atoms with Crippen molar-refractivity contribution in [3.63, 3.8) is 0 Å². The van der Waals surface area contributed by atoms with E-state index in [1.165, 1.54) is 11.1 Å². The van der Waals surface area contributed by atoms with Crippen LogP contribution in [0.1, 0.15) is 55.8 Å². The van der Waals surface area contributed by atoms with Crippen molar-refractivity contribution in [1.29, 1.82) is 0 Å². The standard InChI is InChI=1S/C26H35N3O2/c1-17(2)21-11-12-22(26(28-21)18-8-6-5-7-9-18)27-16-20-14-23-19(15-24(20)31-4)10-13-25(30)29(23)3/h5-9,14-15,17,21-22,26-28H,10-13,16H2,1-4H3/t21-,22-,26+/m0/s1. The van der Waals surface area contributed by atoms with Crippen LogP contribution in [0.5, 0.6) is 5.75 Å². The Bertz CT molecular complexity index is 912. The molecule has 0 aliphatic carbocycles. The van der Waals surface area contributed by atoms with E-state index in [4.69, 9.17) is 4.74 Å². The third kappa shape index (κ3) is 4.63. The number of rotatable bonds is 6. The van der Waals surface area contributed by atoms with Crippen molar-refractivity contribution in [3.05, 3.63) is 59.2 Å². The first kappa shape index (κ1) is 21.8. The van der Waals surface area contributed by atoms with Crippen LogP contribution >= 0.6 is 0 Å². The number of hydrogen-bond donors (Lipinski definition) is 2. The van der Waals surface area contributed by atoms with Crippen LogP contribution < -0.4 is 20.3 Å². The second-order valence-electron chi connectivity index (χ2n) is 9.22. The number of fused-ring (bicyclic) bond motifs is 1. The Balaban J connectivity index is 1.55. The molecule has 0 saturated carbocycles. The van der Waals surface area contributed by atoms with Crippen LogP contribution in [0, 0.1) is 5.92 Å². The molecule has 4 rings (SSSR count). The van der Waals surface area contributed by atoms with Crippen LogP contribution in [0.4, 0.5) is 5.69 Å². The number of ether oxygens (including phenoxy) is 1. The summed E-state index contributed by atoms with van der Waals surface area (Å²) in [5.41, 5.74) is 4.62. The van der Waals surface area contributed by atoms with Gasteiger partial charge in [-0.15, -0.1) is 0 Å². The van der Waals surface area contributed by atoms with E-state index in [2.05, 4.69) is 66.9 Å².